The van der Waals surface area contributed by atoms with Gasteiger partial charge >= 0.3 is 6.09 Å². The SMILES string of the molecule is COc1cc(C(=O)Cc2ccnc(NC(=O)OC(C)(C)C)c2)ccc1OCc1ccc(C(C)C)cc1. The maximum absolute atomic E-state index is 13.0. The number of amides is 1. The van der Waals surface area contributed by atoms with Gasteiger partial charge in [0.2, 0.25) is 0 Å². The van der Waals surface area contributed by atoms with Crippen molar-refractivity contribution in [1.82, 2.24) is 4.98 Å². The van der Waals surface area contributed by atoms with Gasteiger partial charge in [-0.05, 0) is 73.7 Å². The number of ether oxygens (including phenoxy) is 3. The number of hydrogen-bond donors (Lipinski definition) is 1. The number of carbonyl (C=O) groups is 2. The normalized spacial score (nSPS) is 11.2. The lowest BCUT2D eigenvalue weighted by Crippen LogP contribution is -2.27. The van der Waals surface area contributed by atoms with Crippen LogP contribution < -0.4 is 14.8 Å². The maximum atomic E-state index is 13.0. The minimum Gasteiger partial charge on any atom is -0.493 e. The van der Waals surface area contributed by atoms with Gasteiger partial charge in [-0.15, -0.1) is 0 Å². The minimum absolute atomic E-state index is 0.0986. The Morgan fingerprint density at radius 2 is 1.67 bits per heavy atom. The summed E-state index contributed by atoms with van der Waals surface area (Å²) >= 11 is 0. The molecule has 1 aromatic heterocycles. The Morgan fingerprint density at radius 1 is 0.944 bits per heavy atom. The van der Waals surface area contributed by atoms with E-state index in [0.29, 0.717) is 41.0 Å². The lowest BCUT2D eigenvalue weighted by atomic mass is 10.0. The number of ketones is 1. The molecule has 0 spiro atoms. The van der Waals surface area contributed by atoms with E-state index in [1.165, 1.54) is 5.56 Å². The van der Waals surface area contributed by atoms with Crippen LogP contribution in [0, 0.1) is 0 Å². The number of hydrogen-bond acceptors (Lipinski definition) is 6. The Labute approximate surface area is 212 Å². The van der Waals surface area contributed by atoms with Crippen LogP contribution in [0.25, 0.3) is 0 Å². The number of benzene rings is 2. The fourth-order valence-electron chi connectivity index (χ4n) is 3.47. The molecule has 0 aliphatic carbocycles. The molecular formula is C29H34N2O5. The number of methoxy groups -OCH3 is 1. The molecule has 3 rings (SSSR count). The van der Waals surface area contributed by atoms with Crippen LogP contribution in [0.2, 0.25) is 0 Å². The number of rotatable bonds is 9. The van der Waals surface area contributed by atoms with Crippen LogP contribution in [0.15, 0.2) is 60.8 Å². The second-order valence-corrected chi connectivity index (χ2v) is 9.83. The molecule has 7 nitrogen and oxygen atoms in total. The Kier molecular flexibility index (Phi) is 8.69. The average Bonchev–Trinajstić information content (AvgIpc) is 2.81. The van der Waals surface area contributed by atoms with Crippen molar-refractivity contribution in [3.8, 4) is 11.5 Å². The van der Waals surface area contributed by atoms with Crippen LogP contribution >= 0.6 is 0 Å². The molecule has 7 heteroatoms. The highest BCUT2D eigenvalue weighted by atomic mass is 16.6. The summed E-state index contributed by atoms with van der Waals surface area (Å²) in [7, 11) is 1.55. The minimum atomic E-state index is -0.620. The third-order valence-electron chi connectivity index (χ3n) is 5.34. The van der Waals surface area contributed by atoms with E-state index in [0.717, 1.165) is 5.56 Å². The lowest BCUT2D eigenvalue weighted by Gasteiger charge is -2.19. The lowest BCUT2D eigenvalue weighted by molar-refractivity contribution is 0.0635. The first-order valence-corrected chi connectivity index (χ1v) is 11.9. The van der Waals surface area contributed by atoms with E-state index >= 15 is 0 Å². The van der Waals surface area contributed by atoms with Crippen molar-refractivity contribution in [2.45, 2.75) is 59.2 Å². The standard InChI is InChI=1S/C29H34N2O5/c1-19(2)22-9-7-20(8-10-22)18-35-25-12-11-23(17-26(25)34-6)24(32)15-21-13-14-30-27(16-21)31-28(33)36-29(3,4)5/h7-14,16-17,19H,15,18H2,1-6H3,(H,30,31,33). The topological polar surface area (TPSA) is 86.8 Å². The number of nitrogens with one attached hydrogen (secondary N) is 1. The number of pyridine rings is 1. The van der Waals surface area contributed by atoms with Gasteiger partial charge in [0.1, 0.15) is 18.0 Å². The van der Waals surface area contributed by atoms with Crippen molar-refractivity contribution in [3.63, 3.8) is 0 Å². The summed E-state index contributed by atoms with van der Waals surface area (Å²) in [5.74, 6) is 1.75. The molecule has 0 aliphatic rings. The first kappa shape index (κ1) is 26.7. The van der Waals surface area contributed by atoms with Gasteiger partial charge in [0.05, 0.1) is 7.11 Å². The monoisotopic (exact) mass is 490 g/mol. The van der Waals surface area contributed by atoms with E-state index in [9.17, 15) is 9.59 Å². The zero-order valence-corrected chi connectivity index (χ0v) is 21.8. The molecular weight excluding hydrogens is 456 g/mol. The molecule has 0 saturated heterocycles. The molecule has 0 unspecified atom stereocenters. The molecule has 3 aromatic rings. The summed E-state index contributed by atoms with van der Waals surface area (Å²) in [5, 5.41) is 2.59. The van der Waals surface area contributed by atoms with Crippen LogP contribution in [0.5, 0.6) is 11.5 Å². The van der Waals surface area contributed by atoms with Gasteiger partial charge in [0, 0.05) is 18.2 Å². The fraction of sp³-hybridized carbons (Fsp3) is 0.345. The summed E-state index contributed by atoms with van der Waals surface area (Å²) in [5.41, 5.74) is 2.92. The third kappa shape index (κ3) is 7.83. The van der Waals surface area contributed by atoms with Crippen molar-refractivity contribution < 1.29 is 23.8 Å². The zero-order valence-electron chi connectivity index (χ0n) is 21.8. The molecule has 1 heterocycles. The van der Waals surface area contributed by atoms with Crippen molar-refractivity contribution in [3.05, 3.63) is 83.0 Å². The quantitative estimate of drug-likeness (QED) is 0.342. The van der Waals surface area contributed by atoms with Crippen LogP contribution in [-0.2, 0) is 17.8 Å². The molecule has 0 radical (unpaired) electrons. The smallest absolute Gasteiger partial charge is 0.413 e. The van der Waals surface area contributed by atoms with Gasteiger partial charge in [-0.25, -0.2) is 9.78 Å². The molecule has 0 saturated carbocycles. The van der Waals surface area contributed by atoms with E-state index in [1.54, 1.807) is 64.4 Å². The summed E-state index contributed by atoms with van der Waals surface area (Å²) < 4.78 is 16.7. The zero-order chi connectivity index (χ0) is 26.3. The Morgan fingerprint density at radius 3 is 2.31 bits per heavy atom. The largest absolute Gasteiger partial charge is 0.493 e. The number of aromatic nitrogens is 1. The van der Waals surface area contributed by atoms with E-state index in [1.807, 2.05) is 0 Å². The predicted octanol–water partition coefficient (Wildman–Crippen LogP) is 6.57. The van der Waals surface area contributed by atoms with Gasteiger partial charge in [-0.1, -0.05) is 38.1 Å². The van der Waals surface area contributed by atoms with E-state index in [2.05, 4.69) is 48.4 Å². The molecule has 190 valence electrons. The van der Waals surface area contributed by atoms with Crippen molar-refractivity contribution in [2.24, 2.45) is 0 Å². The summed E-state index contributed by atoms with van der Waals surface area (Å²) in [4.78, 5) is 29.1. The number of Topliss-reactive ketones (excluding diaryl/α,β-unsaturated/α-hetero) is 1. The van der Waals surface area contributed by atoms with Gasteiger partial charge in [-0.3, -0.25) is 10.1 Å². The first-order valence-electron chi connectivity index (χ1n) is 11.9. The predicted molar refractivity (Wildman–Crippen MR) is 140 cm³/mol. The van der Waals surface area contributed by atoms with Gasteiger partial charge in [-0.2, -0.15) is 0 Å². The fourth-order valence-corrected chi connectivity index (χ4v) is 3.47. The van der Waals surface area contributed by atoms with Gasteiger partial charge in [0.15, 0.2) is 17.3 Å². The molecule has 36 heavy (non-hydrogen) atoms. The van der Waals surface area contributed by atoms with Crippen LogP contribution in [0.1, 0.15) is 67.6 Å². The highest BCUT2D eigenvalue weighted by Gasteiger charge is 2.17. The third-order valence-corrected chi connectivity index (χ3v) is 5.34. The van der Waals surface area contributed by atoms with E-state index in [4.69, 9.17) is 14.2 Å². The van der Waals surface area contributed by atoms with E-state index in [-0.39, 0.29) is 12.2 Å². The second-order valence-electron chi connectivity index (χ2n) is 9.83. The molecule has 0 fully saturated rings. The Hall–Kier alpha value is -3.87. The molecule has 0 bridgehead atoms. The average molecular weight is 491 g/mol. The Balaban J connectivity index is 1.64. The summed E-state index contributed by atoms with van der Waals surface area (Å²) in [6.07, 6.45) is 1.08. The number of nitrogens with zero attached hydrogens (tertiary/aromatic N) is 1. The highest BCUT2D eigenvalue weighted by molar-refractivity contribution is 5.98. The molecule has 1 N–H and O–H groups in total. The van der Waals surface area contributed by atoms with Crippen molar-refractivity contribution >= 4 is 17.7 Å². The van der Waals surface area contributed by atoms with Crippen LogP contribution in [0.3, 0.4) is 0 Å². The molecule has 0 aliphatic heterocycles. The first-order chi connectivity index (χ1) is 17.0. The van der Waals surface area contributed by atoms with Crippen molar-refractivity contribution in [2.75, 3.05) is 12.4 Å². The maximum Gasteiger partial charge on any atom is 0.413 e. The summed E-state index contributed by atoms with van der Waals surface area (Å²) in [6, 6.07) is 16.9. The second kappa shape index (κ2) is 11.7. The van der Waals surface area contributed by atoms with E-state index < -0.39 is 11.7 Å². The van der Waals surface area contributed by atoms with Gasteiger partial charge < -0.3 is 14.2 Å². The molecule has 2 aromatic carbocycles. The van der Waals surface area contributed by atoms with Crippen LogP contribution in [0.4, 0.5) is 10.6 Å². The Bertz CT molecular complexity index is 1200. The number of anilines is 1. The van der Waals surface area contributed by atoms with Crippen LogP contribution in [-0.4, -0.2) is 29.6 Å². The molecule has 1 amide bonds. The highest BCUT2D eigenvalue weighted by Crippen LogP contribution is 2.29. The van der Waals surface area contributed by atoms with Crippen molar-refractivity contribution in [1.29, 1.82) is 0 Å². The number of carbonyl (C=O) groups excluding carboxylic acids is 2. The summed E-state index contributed by atoms with van der Waals surface area (Å²) in [6.45, 7) is 10.1. The molecule has 0 atom stereocenters. The van der Waals surface area contributed by atoms with Gasteiger partial charge in [0.25, 0.3) is 0 Å².